The number of benzene rings is 1. The lowest BCUT2D eigenvalue weighted by Crippen LogP contribution is -2.30. The number of hydrogen-bond donors (Lipinski definition) is 0. The maximum atomic E-state index is 10.2. The molecule has 0 fully saturated rings. The molecule has 25 heavy (non-hydrogen) atoms. The molecule has 0 saturated heterocycles. The summed E-state index contributed by atoms with van der Waals surface area (Å²) >= 11 is 0. The SMILES string of the molecule is COc1ccccc1C(C#N)(Cc1ccncc1)Cc1ccncc1. The monoisotopic (exact) mass is 329 g/mol. The Balaban J connectivity index is 2.10. The van der Waals surface area contributed by atoms with Gasteiger partial charge in [-0.25, -0.2) is 0 Å². The van der Waals surface area contributed by atoms with Gasteiger partial charge in [-0.3, -0.25) is 9.97 Å². The largest absolute Gasteiger partial charge is 0.496 e. The van der Waals surface area contributed by atoms with Crippen molar-refractivity contribution in [1.82, 2.24) is 9.97 Å². The predicted molar refractivity (Wildman–Crippen MR) is 96.2 cm³/mol. The summed E-state index contributed by atoms with van der Waals surface area (Å²) in [6.07, 6.45) is 8.18. The molecule has 0 saturated carbocycles. The molecule has 0 spiro atoms. The molecule has 3 rings (SSSR count). The van der Waals surface area contributed by atoms with Crippen molar-refractivity contribution in [2.24, 2.45) is 0 Å². The van der Waals surface area contributed by atoms with E-state index < -0.39 is 5.41 Å². The fourth-order valence-corrected chi connectivity index (χ4v) is 3.13. The van der Waals surface area contributed by atoms with Crippen LogP contribution >= 0.6 is 0 Å². The summed E-state index contributed by atoms with van der Waals surface area (Å²) < 4.78 is 5.55. The van der Waals surface area contributed by atoms with Crippen LogP contribution in [-0.4, -0.2) is 17.1 Å². The summed E-state index contributed by atoms with van der Waals surface area (Å²) in [6.45, 7) is 0. The first kappa shape index (κ1) is 16.7. The van der Waals surface area contributed by atoms with Gasteiger partial charge in [0, 0.05) is 30.4 Å². The summed E-state index contributed by atoms with van der Waals surface area (Å²) in [5, 5.41) is 10.2. The molecule has 0 amide bonds. The molecule has 3 aromatic rings. The number of nitriles is 1. The van der Waals surface area contributed by atoms with E-state index in [4.69, 9.17) is 4.74 Å². The van der Waals surface area contributed by atoms with Crippen LogP contribution in [0.5, 0.6) is 5.75 Å². The minimum Gasteiger partial charge on any atom is -0.496 e. The number of aromatic nitrogens is 2. The van der Waals surface area contributed by atoms with Crippen LogP contribution in [0.1, 0.15) is 16.7 Å². The first-order valence-corrected chi connectivity index (χ1v) is 8.10. The molecule has 0 aliphatic rings. The molecule has 4 nitrogen and oxygen atoms in total. The molecule has 124 valence electrons. The fraction of sp³-hybridized carbons (Fsp3) is 0.190. The summed E-state index contributed by atoms with van der Waals surface area (Å²) in [6, 6.07) is 18.1. The summed E-state index contributed by atoms with van der Waals surface area (Å²) in [4.78, 5) is 8.15. The Kier molecular flexibility index (Phi) is 5.06. The van der Waals surface area contributed by atoms with E-state index in [0.29, 0.717) is 12.8 Å². The minimum absolute atomic E-state index is 0.578. The van der Waals surface area contributed by atoms with Crippen molar-refractivity contribution in [3.8, 4) is 11.8 Å². The maximum Gasteiger partial charge on any atom is 0.123 e. The summed E-state index contributed by atoms with van der Waals surface area (Å²) in [7, 11) is 1.64. The molecule has 0 atom stereocenters. The molecular weight excluding hydrogens is 310 g/mol. The van der Waals surface area contributed by atoms with Crippen molar-refractivity contribution >= 4 is 0 Å². The lowest BCUT2D eigenvalue weighted by molar-refractivity contribution is 0.395. The van der Waals surface area contributed by atoms with Gasteiger partial charge < -0.3 is 4.74 Å². The second-order valence-electron chi connectivity index (χ2n) is 5.96. The van der Waals surface area contributed by atoms with E-state index in [1.165, 1.54) is 0 Å². The molecule has 0 aliphatic heterocycles. The van der Waals surface area contributed by atoms with Gasteiger partial charge in [0.1, 0.15) is 5.75 Å². The van der Waals surface area contributed by atoms with E-state index in [0.717, 1.165) is 22.4 Å². The highest BCUT2D eigenvalue weighted by Crippen LogP contribution is 2.37. The average molecular weight is 329 g/mol. The number of rotatable bonds is 6. The Labute approximate surface area is 147 Å². The molecule has 0 N–H and O–H groups in total. The molecule has 4 heteroatoms. The van der Waals surface area contributed by atoms with Gasteiger partial charge in [-0.2, -0.15) is 5.26 Å². The van der Waals surface area contributed by atoms with Gasteiger partial charge >= 0.3 is 0 Å². The molecule has 0 aliphatic carbocycles. The first-order chi connectivity index (χ1) is 12.3. The quantitative estimate of drug-likeness (QED) is 0.691. The third-order valence-corrected chi connectivity index (χ3v) is 4.35. The van der Waals surface area contributed by atoms with Crippen molar-refractivity contribution in [3.05, 3.63) is 90.0 Å². The Bertz CT molecular complexity index is 816. The molecule has 2 heterocycles. The van der Waals surface area contributed by atoms with E-state index in [9.17, 15) is 5.26 Å². The van der Waals surface area contributed by atoms with Gasteiger partial charge in [0.15, 0.2) is 0 Å². The normalized spacial score (nSPS) is 10.9. The van der Waals surface area contributed by atoms with Gasteiger partial charge in [-0.05, 0) is 54.3 Å². The number of para-hydroxylation sites is 1. The highest BCUT2D eigenvalue weighted by Gasteiger charge is 2.35. The van der Waals surface area contributed by atoms with Crippen molar-refractivity contribution in [2.75, 3.05) is 7.11 Å². The van der Waals surface area contributed by atoms with Gasteiger partial charge in [0.2, 0.25) is 0 Å². The van der Waals surface area contributed by atoms with E-state index in [2.05, 4.69) is 16.0 Å². The van der Waals surface area contributed by atoms with E-state index in [1.807, 2.05) is 48.5 Å². The van der Waals surface area contributed by atoms with Crippen LogP contribution in [0.4, 0.5) is 0 Å². The topological polar surface area (TPSA) is 58.8 Å². The van der Waals surface area contributed by atoms with Crippen LogP contribution in [-0.2, 0) is 18.3 Å². The Morgan fingerprint density at radius 2 is 1.40 bits per heavy atom. The van der Waals surface area contributed by atoms with Crippen LogP contribution < -0.4 is 4.74 Å². The Hall–Kier alpha value is -3.19. The minimum atomic E-state index is -0.741. The predicted octanol–water partition coefficient (Wildman–Crippen LogP) is 3.73. The molecule has 1 aromatic carbocycles. The van der Waals surface area contributed by atoms with Gasteiger partial charge in [-0.15, -0.1) is 0 Å². The zero-order valence-electron chi connectivity index (χ0n) is 14.1. The molecule has 0 unspecified atom stereocenters. The van der Waals surface area contributed by atoms with Crippen LogP contribution in [0.3, 0.4) is 0 Å². The highest BCUT2D eigenvalue weighted by molar-refractivity contribution is 5.46. The zero-order valence-corrected chi connectivity index (χ0v) is 14.1. The third-order valence-electron chi connectivity index (χ3n) is 4.35. The number of nitrogens with zero attached hydrogens (tertiary/aromatic N) is 3. The average Bonchev–Trinajstić information content (AvgIpc) is 2.69. The van der Waals surface area contributed by atoms with Gasteiger partial charge in [0.05, 0.1) is 18.6 Å². The molecular formula is C21H19N3O. The smallest absolute Gasteiger partial charge is 0.123 e. The van der Waals surface area contributed by atoms with Crippen LogP contribution in [0, 0.1) is 11.3 Å². The third kappa shape index (κ3) is 3.67. The number of hydrogen-bond acceptors (Lipinski definition) is 4. The number of methoxy groups -OCH3 is 1. The van der Waals surface area contributed by atoms with E-state index >= 15 is 0 Å². The summed E-state index contributed by atoms with van der Waals surface area (Å²) in [5.74, 6) is 0.729. The van der Waals surface area contributed by atoms with E-state index in [1.54, 1.807) is 31.9 Å². The lowest BCUT2D eigenvalue weighted by Gasteiger charge is -2.29. The molecule has 2 aromatic heterocycles. The molecule has 0 bridgehead atoms. The van der Waals surface area contributed by atoms with Crippen molar-refractivity contribution < 1.29 is 4.74 Å². The Morgan fingerprint density at radius 1 is 0.880 bits per heavy atom. The van der Waals surface area contributed by atoms with Gasteiger partial charge in [-0.1, -0.05) is 18.2 Å². The molecule has 0 radical (unpaired) electrons. The van der Waals surface area contributed by atoms with Crippen LogP contribution in [0.25, 0.3) is 0 Å². The van der Waals surface area contributed by atoms with Crippen molar-refractivity contribution in [3.63, 3.8) is 0 Å². The highest BCUT2D eigenvalue weighted by atomic mass is 16.5. The lowest BCUT2D eigenvalue weighted by atomic mass is 9.72. The van der Waals surface area contributed by atoms with Crippen LogP contribution in [0.15, 0.2) is 73.3 Å². The second kappa shape index (κ2) is 7.59. The standard InChI is InChI=1S/C21H19N3O/c1-25-20-5-3-2-4-19(20)21(16-22,14-17-6-10-23-11-7-17)15-18-8-12-24-13-9-18/h2-13H,14-15H2,1H3. The van der Waals surface area contributed by atoms with E-state index in [-0.39, 0.29) is 0 Å². The van der Waals surface area contributed by atoms with Crippen molar-refractivity contribution in [1.29, 1.82) is 5.26 Å². The second-order valence-corrected chi connectivity index (χ2v) is 5.96. The van der Waals surface area contributed by atoms with Crippen LogP contribution in [0.2, 0.25) is 0 Å². The number of ether oxygens (including phenoxy) is 1. The zero-order chi connectivity index (χ0) is 17.5. The van der Waals surface area contributed by atoms with Crippen molar-refractivity contribution in [2.45, 2.75) is 18.3 Å². The van der Waals surface area contributed by atoms with Gasteiger partial charge in [0.25, 0.3) is 0 Å². The maximum absolute atomic E-state index is 10.2. The number of pyridine rings is 2. The first-order valence-electron chi connectivity index (χ1n) is 8.10. The Morgan fingerprint density at radius 3 is 1.88 bits per heavy atom. The fourth-order valence-electron chi connectivity index (χ4n) is 3.13. The summed E-state index contributed by atoms with van der Waals surface area (Å²) in [5.41, 5.74) is 2.29.